The molecule has 1 fully saturated rings. The Morgan fingerprint density at radius 1 is 1.03 bits per heavy atom. The lowest BCUT2D eigenvalue weighted by molar-refractivity contribution is -0.0905. The first-order valence-electron chi connectivity index (χ1n) is 13.2. The van der Waals surface area contributed by atoms with Crippen molar-refractivity contribution in [3.05, 3.63) is 58.2 Å². The molecule has 0 heterocycles. The summed E-state index contributed by atoms with van der Waals surface area (Å²) in [6.45, 7) is 14.5. The van der Waals surface area contributed by atoms with Gasteiger partial charge in [0.2, 0.25) is 0 Å². The molecule has 1 saturated carbocycles. The molecule has 1 nitrogen and oxygen atoms in total. The molecule has 5 rings (SSSR count). The van der Waals surface area contributed by atoms with E-state index >= 15 is 0 Å². The van der Waals surface area contributed by atoms with Crippen LogP contribution < -0.4 is 0 Å². The Labute approximate surface area is 196 Å². The van der Waals surface area contributed by atoms with Crippen LogP contribution >= 0.6 is 0 Å². The van der Waals surface area contributed by atoms with Crippen molar-refractivity contribution in [2.75, 3.05) is 0 Å². The average Bonchev–Trinajstić information content (AvgIpc) is 3.08. The molecule has 0 radical (unpaired) electrons. The summed E-state index contributed by atoms with van der Waals surface area (Å²) in [5.41, 5.74) is 8.79. The summed E-state index contributed by atoms with van der Waals surface area (Å²) < 4.78 is 0. The van der Waals surface area contributed by atoms with Gasteiger partial charge in [0.1, 0.15) is 0 Å². The molecule has 4 aliphatic carbocycles. The van der Waals surface area contributed by atoms with E-state index in [-0.39, 0.29) is 16.9 Å². The molecule has 0 aliphatic heterocycles. The van der Waals surface area contributed by atoms with Crippen LogP contribution in [0.5, 0.6) is 0 Å². The lowest BCUT2D eigenvalue weighted by Crippen LogP contribution is -2.53. The van der Waals surface area contributed by atoms with Crippen LogP contribution in [0.3, 0.4) is 0 Å². The molecule has 0 saturated heterocycles. The van der Waals surface area contributed by atoms with Crippen LogP contribution in [0.1, 0.15) is 90.7 Å². The Morgan fingerprint density at radius 2 is 1.81 bits per heavy atom. The van der Waals surface area contributed by atoms with Crippen molar-refractivity contribution in [1.29, 1.82) is 0 Å². The second-order valence-corrected chi connectivity index (χ2v) is 12.9. The van der Waals surface area contributed by atoms with Gasteiger partial charge in [-0.25, -0.2) is 0 Å². The van der Waals surface area contributed by atoms with Gasteiger partial charge in [-0.05, 0) is 109 Å². The molecule has 32 heavy (non-hydrogen) atoms. The third-order valence-electron chi connectivity index (χ3n) is 10.8. The minimum absolute atomic E-state index is 0.0290. The zero-order valence-electron chi connectivity index (χ0n) is 21.3. The summed E-state index contributed by atoms with van der Waals surface area (Å²) in [5, 5.41) is 10.8. The van der Waals surface area contributed by atoms with Gasteiger partial charge in [-0.2, -0.15) is 0 Å². The molecule has 6 atom stereocenters. The fourth-order valence-corrected chi connectivity index (χ4v) is 8.93. The van der Waals surface area contributed by atoms with Crippen molar-refractivity contribution in [3.63, 3.8) is 0 Å². The van der Waals surface area contributed by atoms with Crippen LogP contribution in [-0.2, 0) is 6.42 Å². The highest BCUT2D eigenvalue weighted by atomic mass is 16.3. The van der Waals surface area contributed by atoms with Gasteiger partial charge in [0.15, 0.2) is 0 Å². The first-order chi connectivity index (χ1) is 15.1. The Hall–Kier alpha value is -1.34. The van der Waals surface area contributed by atoms with Crippen molar-refractivity contribution >= 4 is 0 Å². The number of hydrogen-bond donors (Lipinski definition) is 1. The van der Waals surface area contributed by atoms with Gasteiger partial charge in [0, 0.05) is 0 Å². The monoisotopic (exact) mass is 432 g/mol. The van der Waals surface area contributed by atoms with Gasteiger partial charge in [0.05, 0.1) is 6.10 Å². The quantitative estimate of drug-likeness (QED) is 0.516. The SMILES string of the molecule is Cc1cccc(C[C@@H](C)[C@H]2CC=C3C4=C(CC[C@@]32C)[C@@]2(C)CCC(O)C(C)(C)C2CC4)c1. The lowest BCUT2D eigenvalue weighted by Gasteiger charge is -2.59. The van der Waals surface area contributed by atoms with E-state index < -0.39 is 0 Å². The van der Waals surface area contributed by atoms with Crippen molar-refractivity contribution in [3.8, 4) is 0 Å². The number of aliphatic hydroxyl groups excluding tert-OH is 1. The minimum atomic E-state index is -0.144. The molecule has 4 aliphatic rings. The second-order valence-electron chi connectivity index (χ2n) is 12.9. The van der Waals surface area contributed by atoms with Crippen LogP contribution in [0.25, 0.3) is 0 Å². The summed E-state index contributed by atoms with van der Waals surface area (Å²) in [7, 11) is 0. The standard InChI is InChI=1S/C31H44O/c1-20-8-7-9-22(18-20)19-21(2)24-11-12-25-23-10-13-27-29(3,4)28(32)15-17-31(27,6)26(23)14-16-30(24,25)5/h7-9,12,18,21,24,27-28,32H,10-11,13-17,19H2,1-6H3/t21-,24-,27?,28?,30-,31-/m1/s1. The molecule has 1 heteroatoms. The van der Waals surface area contributed by atoms with E-state index in [9.17, 15) is 5.11 Å². The van der Waals surface area contributed by atoms with Gasteiger partial charge in [-0.15, -0.1) is 0 Å². The minimum Gasteiger partial charge on any atom is -0.393 e. The van der Waals surface area contributed by atoms with Crippen LogP contribution in [-0.4, -0.2) is 11.2 Å². The summed E-state index contributed by atoms with van der Waals surface area (Å²) in [6.07, 6.45) is 12.1. The van der Waals surface area contributed by atoms with E-state index in [0.717, 1.165) is 18.8 Å². The third-order valence-corrected chi connectivity index (χ3v) is 10.8. The van der Waals surface area contributed by atoms with Crippen molar-refractivity contribution < 1.29 is 5.11 Å². The van der Waals surface area contributed by atoms with E-state index in [2.05, 4.69) is 71.9 Å². The Morgan fingerprint density at radius 3 is 2.56 bits per heavy atom. The average molecular weight is 433 g/mol. The summed E-state index contributed by atoms with van der Waals surface area (Å²) in [5.74, 6) is 2.07. The molecule has 0 amide bonds. The van der Waals surface area contributed by atoms with Crippen LogP contribution in [0.2, 0.25) is 0 Å². The number of allylic oxidation sites excluding steroid dienone is 4. The largest absolute Gasteiger partial charge is 0.393 e. The molecular weight excluding hydrogens is 388 g/mol. The number of aryl methyl sites for hydroxylation is 1. The van der Waals surface area contributed by atoms with Crippen molar-refractivity contribution in [1.82, 2.24) is 0 Å². The predicted octanol–water partition coefficient (Wildman–Crippen LogP) is 7.81. The first kappa shape index (κ1) is 22.5. The molecular formula is C31H44O. The highest BCUT2D eigenvalue weighted by Gasteiger charge is 2.57. The fraction of sp³-hybridized carbons (Fsp3) is 0.677. The van der Waals surface area contributed by atoms with E-state index in [1.165, 1.54) is 49.7 Å². The zero-order chi connectivity index (χ0) is 22.9. The van der Waals surface area contributed by atoms with Gasteiger partial charge in [-0.3, -0.25) is 0 Å². The molecule has 1 N–H and O–H groups in total. The van der Waals surface area contributed by atoms with Crippen LogP contribution in [0.15, 0.2) is 47.1 Å². The Bertz CT molecular complexity index is 964. The summed E-state index contributed by atoms with van der Waals surface area (Å²) >= 11 is 0. The molecule has 174 valence electrons. The van der Waals surface area contributed by atoms with E-state index in [4.69, 9.17) is 0 Å². The lowest BCUT2D eigenvalue weighted by atomic mass is 9.46. The number of aliphatic hydroxyl groups is 1. The van der Waals surface area contributed by atoms with Gasteiger partial charge < -0.3 is 5.11 Å². The Balaban J connectivity index is 1.43. The number of benzene rings is 1. The fourth-order valence-electron chi connectivity index (χ4n) is 8.93. The maximum atomic E-state index is 10.8. The molecule has 0 aromatic heterocycles. The molecule has 1 aromatic carbocycles. The molecule has 1 aromatic rings. The van der Waals surface area contributed by atoms with Crippen LogP contribution in [0.4, 0.5) is 0 Å². The topological polar surface area (TPSA) is 20.2 Å². The van der Waals surface area contributed by atoms with Gasteiger partial charge in [0.25, 0.3) is 0 Å². The van der Waals surface area contributed by atoms with Crippen molar-refractivity contribution in [2.24, 2.45) is 34.0 Å². The highest BCUT2D eigenvalue weighted by Crippen LogP contribution is 2.66. The van der Waals surface area contributed by atoms with E-state index in [0.29, 0.717) is 17.3 Å². The number of rotatable bonds is 3. The van der Waals surface area contributed by atoms with Crippen LogP contribution in [0, 0.1) is 40.9 Å². The first-order valence-corrected chi connectivity index (χ1v) is 13.2. The molecule has 0 bridgehead atoms. The van der Waals surface area contributed by atoms with Gasteiger partial charge in [-0.1, -0.05) is 76.1 Å². The molecule has 2 unspecified atom stereocenters. The van der Waals surface area contributed by atoms with E-state index in [1.807, 2.05) is 0 Å². The van der Waals surface area contributed by atoms with E-state index in [1.54, 1.807) is 16.7 Å². The van der Waals surface area contributed by atoms with Crippen molar-refractivity contribution in [2.45, 2.75) is 99.0 Å². The highest BCUT2D eigenvalue weighted by molar-refractivity contribution is 5.50. The smallest absolute Gasteiger partial charge is 0.0594 e. The maximum Gasteiger partial charge on any atom is 0.0594 e. The predicted molar refractivity (Wildman–Crippen MR) is 134 cm³/mol. The summed E-state index contributed by atoms with van der Waals surface area (Å²) in [4.78, 5) is 0. The van der Waals surface area contributed by atoms with Gasteiger partial charge >= 0.3 is 0 Å². The normalized spacial score (nSPS) is 39.1. The zero-order valence-corrected chi connectivity index (χ0v) is 21.3. The second kappa shape index (κ2) is 7.59. The number of fused-ring (bicyclic) bond motifs is 4. The summed E-state index contributed by atoms with van der Waals surface area (Å²) in [6, 6.07) is 9.13. The number of hydrogen-bond acceptors (Lipinski definition) is 1. The third kappa shape index (κ3) is 3.21. The maximum absolute atomic E-state index is 10.8. The Kier molecular flexibility index (Phi) is 5.32. The molecule has 0 spiro atoms.